The van der Waals surface area contributed by atoms with Crippen LogP contribution in [0.3, 0.4) is 0 Å². The van der Waals surface area contributed by atoms with Gasteiger partial charge >= 0.3 is 23.9 Å². The van der Waals surface area contributed by atoms with Gasteiger partial charge in [0, 0.05) is 57.8 Å². The van der Waals surface area contributed by atoms with E-state index in [0.29, 0.717) is 6.42 Å². The molecule has 4 rings (SSSR count). The van der Waals surface area contributed by atoms with E-state index in [0.717, 1.165) is 0 Å². The van der Waals surface area contributed by atoms with Crippen LogP contribution in [-0.4, -0.2) is 87.7 Å². The molecule has 4 saturated carbocycles. The average molecular weight is 583 g/mol. The molecule has 4 fully saturated rings. The first-order chi connectivity index (χ1) is 19.0. The average Bonchev–Trinajstić information content (AvgIpc) is 3.11. The second-order valence-corrected chi connectivity index (χ2v) is 12.7. The summed E-state index contributed by atoms with van der Waals surface area (Å²) in [5.74, 6) is -5.16. The highest BCUT2D eigenvalue weighted by Crippen LogP contribution is 2.71. The van der Waals surface area contributed by atoms with Crippen LogP contribution in [0.5, 0.6) is 0 Å². The fraction of sp³-hybridized carbons (Fsp3) is 0.828. The van der Waals surface area contributed by atoms with Gasteiger partial charge in [-0.15, -0.1) is 0 Å². The highest BCUT2D eigenvalue weighted by Gasteiger charge is 2.77. The van der Waals surface area contributed by atoms with Crippen molar-refractivity contribution in [1.29, 1.82) is 0 Å². The molecule has 0 saturated heterocycles. The molecule has 0 aromatic carbocycles. The van der Waals surface area contributed by atoms with E-state index in [9.17, 15) is 39.3 Å². The van der Waals surface area contributed by atoms with Crippen molar-refractivity contribution in [2.45, 2.75) is 109 Å². The standard InChI is InChI=1S/C29H42O12/c1-15(31)38-14-28-24(41-18(4)34)10-19(39-16(2)32)11-27(28,36)8-6-21-25(28)23(40-17(3)33)12-26(5)20(22(35)13-30)7-9-29(21,26)37/h19-21,23-25,30,36-37H,6-14H2,1-5H3/t19-,20-,21-,23-,24+,25-,26-,27-,28-,29-/m1/s1. The molecule has 10 atom stereocenters. The van der Waals surface area contributed by atoms with Gasteiger partial charge in [0.1, 0.15) is 31.5 Å². The van der Waals surface area contributed by atoms with Gasteiger partial charge in [0.2, 0.25) is 0 Å². The zero-order valence-electron chi connectivity index (χ0n) is 24.3. The molecule has 3 N–H and O–H groups in total. The molecular weight excluding hydrogens is 540 g/mol. The third-order valence-corrected chi connectivity index (χ3v) is 10.6. The van der Waals surface area contributed by atoms with Gasteiger partial charge < -0.3 is 34.3 Å². The van der Waals surface area contributed by atoms with Gasteiger partial charge in [-0.25, -0.2) is 0 Å². The Morgan fingerprint density at radius 1 is 0.829 bits per heavy atom. The van der Waals surface area contributed by atoms with Crippen LogP contribution in [0, 0.1) is 28.6 Å². The van der Waals surface area contributed by atoms with Crippen molar-refractivity contribution in [3.63, 3.8) is 0 Å². The number of carbonyl (C=O) groups excluding carboxylic acids is 5. The Morgan fingerprint density at radius 3 is 2.02 bits per heavy atom. The molecule has 0 bridgehead atoms. The lowest BCUT2D eigenvalue weighted by Crippen LogP contribution is -2.76. The highest BCUT2D eigenvalue weighted by atomic mass is 16.6. The van der Waals surface area contributed by atoms with Crippen molar-refractivity contribution in [3.05, 3.63) is 0 Å². The van der Waals surface area contributed by atoms with Gasteiger partial charge in [-0.1, -0.05) is 6.92 Å². The molecule has 41 heavy (non-hydrogen) atoms. The summed E-state index contributed by atoms with van der Waals surface area (Å²) >= 11 is 0. The molecule has 0 spiro atoms. The fourth-order valence-corrected chi connectivity index (χ4v) is 9.24. The molecule has 0 radical (unpaired) electrons. The summed E-state index contributed by atoms with van der Waals surface area (Å²) < 4.78 is 22.8. The van der Waals surface area contributed by atoms with Crippen molar-refractivity contribution < 1.29 is 58.2 Å². The summed E-state index contributed by atoms with van der Waals surface area (Å²) in [6, 6.07) is 0. The number of rotatable bonds is 7. The van der Waals surface area contributed by atoms with Gasteiger partial charge in [-0.05, 0) is 38.0 Å². The van der Waals surface area contributed by atoms with E-state index in [1.165, 1.54) is 27.7 Å². The number of ketones is 1. The van der Waals surface area contributed by atoms with E-state index in [1.807, 2.05) is 0 Å². The predicted octanol–water partition coefficient (Wildman–Crippen LogP) is 0.995. The number of hydrogen-bond acceptors (Lipinski definition) is 12. The normalized spacial score (nSPS) is 43.0. The SMILES string of the molecule is CC(=O)OC[C@@]12[C@@H]3[C@@H](CC[C@@]1(O)C[C@H](OC(C)=O)C[C@@H]2OC(C)=O)[C@]1(O)CC[C@H](C(=O)CO)[C@@]1(C)C[C@H]3OC(C)=O. The summed E-state index contributed by atoms with van der Waals surface area (Å²) in [6.45, 7) is 5.55. The maximum atomic E-state index is 12.9. The summed E-state index contributed by atoms with van der Waals surface area (Å²) in [5.41, 5.74) is -5.82. The minimum Gasteiger partial charge on any atom is -0.465 e. The Bertz CT molecular complexity index is 1110. The first-order valence-electron chi connectivity index (χ1n) is 14.3. The molecule has 0 aromatic rings. The van der Waals surface area contributed by atoms with Crippen LogP contribution in [0.2, 0.25) is 0 Å². The maximum absolute atomic E-state index is 12.9. The third kappa shape index (κ3) is 4.95. The lowest BCUT2D eigenvalue weighted by atomic mass is 9.40. The number of aliphatic hydroxyl groups is 3. The zero-order valence-corrected chi connectivity index (χ0v) is 24.3. The number of carbonyl (C=O) groups is 5. The van der Waals surface area contributed by atoms with Gasteiger partial charge in [-0.2, -0.15) is 0 Å². The van der Waals surface area contributed by atoms with E-state index in [1.54, 1.807) is 6.92 Å². The zero-order chi connectivity index (χ0) is 30.5. The second kappa shape index (κ2) is 10.9. The highest BCUT2D eigenvalue weighted by molar-refractivity contribution is 5.83. The van der Waals surface area contributed by atoms with Crippen LogP contribution in [-0.2, 0) is 42.9 Å². The van der Waals surface area contributed by atoms with Crippen LogP contribution in [0.1, 0.15) is 79.6 Å². The molecular formula is C29H42O12. The predicted molar refractivity (Wildman–Crippen MR) is 139 cm³/mol. The Hall–Kier alpha value is -2.57. The molecule has 0 heterocycles. The fourth-order valence-electron chi connectivity index (χ4n) is 9.24. The molecule has 4 aliphatic rings. The summed E-state index contributed by atoms with van der Waals surface area (Å²) in [5, 5.41) is 34.7. The third-order valence-electron chi connectivity index (χ3n) is 10.6. The molecule has 12 heteroatoms. The minimum atomic E-state index is -1.72. The molecule has 0 amide bonds. The van der Waals surface area contributed by atoms with Crippen LogP contribution in [0.15, 0.2) is 0 Å². The minimum absolute atomic E-state index is 0.0138. The molecule has 0 unspecified atom stereocenters. The van der Waals surface area contributed by atoms with Gasteiger partial charge in [0.15, 0.2) is 5.78 Å². The lowest BCUT2D eigenvalue weighted by Gasteiger charge is -2.68. The number of fused-ring (bicyclic) bond motifs is 5. The van der Waals surface area contributed by atoms with Crippen LogP contribution >= 0.6 is 0 Å². The quantitative estimate of drug-likeness (QED) is 0.286. The summed E-state index contributed by atoms with van der Waals surface area (Å²) in [4.78, 5) is 61.9. The molecule has 4 aliphatic carbocycles. The van der Waals surface area contributed by atoms with Gasteiger partial charge in [-0.3, -0.25) is 24.0 Å². The smallest absolute Gasteiger partial charge is 0.302 e. The van der Waals surface area contributed by atoms with Crippen molar-refractivity contribution >= 4 is 29.7 Å². The Labute approximate surface area is 239 Å². The van der Waals surface area contributed by atoms with Crippen molar-refractivity contribution in [2.75, 3.05) is 13.2 Å². The molecule has 0 aromatic heterocycles. The van der Waals surface area contributed by atoms with Crippen LogP contribution < -0.4 is 0 Å². The van der Waals surface area contributed by atoms with Gasteiger partial charge in [0.05, 0.1) is 16.6 Å². The Kier molecular flexibility index (Phi) is 8.36. The molecule has 230 valence electrons. The number of Topliss-reactive ketones (excluding diaryl/α,β-unsaturated/α-hetero) is 1. The van der Waals surface area contributed by atoms with E-state index < -0.39 is 101 Å². The lowest BCUT2D eigenvalue weighted by molar-refractivity contribution is -0.320. The number of ether oxygens (including phenoxy) is 4. The first-order valence-corrected chi connectivity index (χ1v) is 14.3. The van der Waals surface area contributed by atoms with Crippen LogP contribution in [0.25, 0.3) is 0 Å². The van der Waals surface area contributed by atoms with Gasteiger partial charge in [0.25, 0.3) is 0 Å². The van der Waals surface area contributed by atoms with Crippen LogP contribution in [0.4, 0.5) is 0 Å². The Morgan fingerprint density at radius 2 is 1.46 bits per heavy atom. The van der Waals surface area contributed by atoms with Crippen molar-refractivity contribution in [2.24, 2.45) is 28.6 Å². The Balaban J connectivity index is 1.94. The van der Waals surface area contributed by atoms with E-state index >= 15 is 0 Å². The van der Waals surface area contributed by atoms with Crippen molar-refractivity contribution in [3.8, 4) is 0 Å². The van der Waals surface area contributed by atoms with E-state index in [2.05, 4.69) is 0 Å². The largest absolute Gasteiger partial charge is 0.465 e. The van der Waals surface area contributed by atoms with E-state index in [4.69, 9.17) is 18.9 Å². The molecule has 12 nitrogen and oxygen atoms in total. The first kappa shape index (κ1) is 31.4. The topological polar surface area (TPSA) is 183 Å². The second-order valence-electron chi connectivity index (χ2n) is 12.7. The number of hydrogen-bond donors (Lipinski definition) is 3. The van der Waals surface area contributed by atoms with Crippen molar-refractivity contribution in [1.82, 2.24) is 0 Å². The molecule has 0 aliphatic heterocycles. The summed E-state index contributed by atoms with van der Waals surface area (Å²) in [6.07, 6.45) is -2.12. The number of aliphatic hydroxyl groups excluding tert-OH is 1. The maximum Gasteiger partial charge on any atom is 0.302 e. The summed E-state index contributed by atoms with van der Waals surface area (Å²) in [7, 11) is 0. The van der Waals surface area contributed by atoms with E-state index in [-0.39, 0.29) is 38.5 Å². The number of esters is 4. The monoisotopic (exact) mass is 582 g/mol.